The summed E-state index contributed by atoms with van der Waals surface area (Å²) in [6.07, 6.45) is 1.55. The normalized spacial score (nSPS) is 21.5. The summed E-state index contributed by atoms with van der Waals surface area (Å²) < 4.78 is 14.9. The molecule has 90 valence electrons. The number of amides is 1. The fourth-order valence-corrected chi connectivity index (χ4v) is 2.21. The number of hydrogen-bond acceptors (Lipinski definition) is 2. The van der Waals surface area contributed by atoms with Crippen molar-refractivity contribution in [3.63, 3.8) is 0 Å². The number of anilines is 1. The molecule has 0 radical (unpaired) electrons. The molecule has 1 aliphatic heterocycles. The fourth-order valence-electron chi connectivity index (χ4n) is 2.21. The van der Waals surface area contributed by atoms with Gasteiger partial charge < -0.3 is 5.32 Å². The summed E-state index contributed by atoms with van der Waals surface area (Å²) in [5, 5.41) is 2.57. The number of nitrogens with one attached hydrogen (secondary N) is 1. The van der Waals surface area contributed by atoms with Gasteiger partial charge in [0.15, 0.2) is 0 Å². The van der Waals surface area contributed by atoms with Gasteiger partial charge in [0.25, 0.3) is 5.91 Å². The van der Waals surface area contributed by atoms with Crippen molar-refractivity contribution in [1.29, 1.82) is 0 Å². The molecular weight excluding hydrogens is 231 g/mol. The second-order valence-electron chi connectivity index (χ2n) is 4.30. The van der Waals surface area contributed by atoms with Crippen LogP contribution in [0.1, 0.15) is 11.3 Å². The van der Waals surface area contributed by atoms with Crippen molar-refractivity contribution in [3.05, 3.63) is 59.9 Å². The van der Waals surface area contributed by atoms with E-state index in [4.69, 9.17) is 0 Å². The van der Waals surface area contributed by atoms with Crippen LogP contribution in [-0.2, 0) is 16.9 Å². The van der Waals surface area contributed by atoms with Crippen LogP contribution in [0.4, 0.5) is 10.1 Å². The minimum Gasteiger partial charge on any atom is -0.323 e. The van der Waals surface area contributed by atoms with Crippen molar-refractivity contribution in [1.82, 2.24) is 4.98 Å². The van der Waals surface area contributed by atoms with Crippen molar-refractivity contribution in [2.24, 2.45) is 0 Å². The maximum atomic E-state index is 14.9. The van der Waals surface area contributed by atoms with Crippen molar-refractivity contribution in [2.75, 3.05) is 5.32 Å². The van der Waals surface area contributed by atoms with E-state index in [9.17, 15) is 9.18 Å². The van der Waals surface area contributed by atoms with Gasteiger partial charge in [-0.05, 0) is 18.2 Å². The van der Waals surface area contributed by atoms with Gasteiger partial charge in [-0.3, -0.25) is 9.78 Å². The summed E-state index contributed by atoms with van der Waals surface area (Å²) in [5.74, 6) is -0.616. The first-order valence-electron chi connectivity index (χ1n) is 5.70. The van der Waals surface area contributed by atoms with Crippen LogP contribution in [-0.4, -0.2) is 10.9 Å². The van der Waals surface area contributed by atoms with E-state index in [1.54, 1.807) is 48.7 Å². The summed E-state index contributed by atoms with van der Waals surface area (Å²) in [6, 6.07) is 12.1. The zero-order valence-corrected chi connectivity index (χ0v) is 9.56. The molecular formula is C14H11FN2O. The van der Waals surface area contributed by atoms with Crippen molar-refractivity contribution in [3.8, 4) is 0 Å². The van der Waals surface area contributed by atoms with Crippen LogP contribution in [0.3, 0.4) is 0 Å². The zero-order valence-electron chi connectivity index (χ0n) is 9.56. The van der Waals surface area contributed by atoms with Gasteiger partial charge in [-0.15, -0.1) is 0 Å². The monoisotopic (exact) mass is 242 g/mol. The van der Waals surface area contributed by atoms with Crippen molar-refractivity contribution in [2.45, 2.75) is 12.1 Å². The Kier molecular flexibility index (Phi) is 2.37. The van der Waals surface area contributed by atoms with Crippen LogP contribution < -0.4 is 5.32 Å². The lowest BCUT2D eigenvalue weighted by Gasteiger charge is -2.17. The molecule has 0 aliphatic carbocycles. The summed E-state index contributed by atoms with van der Waals surface area (Å²) >= 11 is 0. The van der Waals surface area contributed by atoms with Gasteiger partial charge in [0, 0.05) is 29.6 Å². The summed E-state index contributed by atoms with van der Waals surface area (Å²) in [4.78, 5) is 15.9. The van der Waals surface area contributed by atoms with Crippen molar-refractivity contribution < 1.29 is 9.18 Å². The third kappa shape index (κ3) is 1.57. The lowest BCUT2D eigenvalue weighted by Crippen LogP contribution is -2.32. The summed E-state index contributed by atoms with van der Waals surface area (Å²) in [5.41, 5.74) is -0.529. The number of pyridine rings is 1. The van der Waals surface area contributed by atoms with E-state index in [0.29, 0.717) is 16.9 Å². The lowest BCUT2D eigenvalue weighted by molar-refractivity contribution is -0.126. The molecule has 0 spiro atoms. The first-order valence-corrected chi connectivity index (χ1v) is 5.70. The number of fused-ring (bicyclic) bond motifs is 1. The van der Waals surface area contributed by atoms with Gasteiger partial charge in [0.1, 0.15) is 0 Å². The second-order valence-corrected chi connectivity index (χ2v) is 4.30. The Bertz CT molecular complexity index is 600. The van der Waals surface area contributed by atoms with Gasteiger partial charge in [0.05, 0.1) is 0 Å². The number of carbonyl (C=O) groups is 1. The number of benzene rings is 1. The number of hydrogen-bond donors (Lipinski definition) is 1. The molecule has 0 bridgehead atoms. The lowest BCUT2D eigenvalue weighted by atomic mass is 9.92. The molecule has 1 aromatic heterocycles. The van der Waals surface area contributed by atoms with E-state index in [1.807, 2.05) is 0 Å². The second kappa shape index (κ2) is 3.91. The molecule has 4 heteroatoms. The maximum Gasteiger partial charge on any atom is 0.267 e. The molecule has 0 fully saturated rings. The molecule has 18 heavy (non-hydrogen) atoms. The highest BCUT2D eigenvalue weighted by atomic mass is 19.1. The summed E-state index contributed by atoms with van der Waals surface area (Å²) in [7, 11) is 0. The molecule has 0 saturated carbocycles. The molecule has 1 aliphatic rings. The Labute approximate surface area is 104 Å². The number of nitrogens with zero attached hydrogens (tertiary/aromatic N) is 1. The molecule has 3 nitrogen and oxygen atoms in total. The third-order valence-corrected chi connectivity index (χ3v) is 3.11. The predicted octanol–water partition coefficient (Wildman–Crippen LogP) is 2.44. The first-order chi connectivity index (χ1) is 8.70. The molecule has 3 rings (SSSR count). The SMILES string of the molecule is O=C1Nc2ccccc2[C@]1(F)Cc1ccccn1. The molecule has 1 N–H and O–H groups in total. The molecule has 0 saturated heterocycles. The highest BCUT2D eigenvalue weighted by Crippen LogP contribution is 2.40. The van der Waals surface area contributed by atoms with E-state index in [2.05, 4.69) is 10.3 Å². The van der Waals surface area contributed by atoms with E-state index < -0.39 is 11.6 Å². The van der Waals surface area contributed by atoms with Gasteiger partial charge >= 0.3 is 0 Å². The van der Waals surface area contributed by atoms with E-state index in [-0.39, 0.29) is 6.42 Å². The topological polar surface area (TPSA) is 42.0 Å². The van der Waals surface area contributed by atoms with Crippen LogP contribution in [0.5, 0.6) is 0 Å². The maximum absolute atomic E-state index is 14.9. The van der Waals surface area contributed by atoms with Gasteiger partial charge in [-0.25, -0.2) is 4.39 Å². The van der Waals surface area contributed by atoms with E-state index in [1.165, 1.54) is 0 Å². The minimum absolute atomic E-state index is 0.0450. The number of rotatable bonds is 2. The van der Waals surface area contributed by atoms with Crippen LogP contribution in [0.25, 0.3) is 0 Å². The predicted molar refractivity (Wildman–Crippen MR) is 65.8 cm³/mol. The largest absolute Gasteiger partial charge is 0.323 e. The Hall–Kier alpha value is -2.23. The van der Waals surface area contributed by atoms with E-state index in [0.717, 1.165) is 0 Å². The molecule has 0 unspecified atom stereocenters. The van der Waals surface area contributed by atoms with E-state index >= 15 is 0 Å². The molecule has 1 atom stereocenters. The van der Waals surface area contributed by atoms with Crippen LogP contribution in [0.15, 0.2) is 48.7 Å². The quantitative estimate of drug-likeness (QED) is 0.878. The Morgan fingerprint density at radius 2 is 1.94 bits per heavy atom. The number of para-hydroxylation sites is 1. The third-order valence-electron chi connectivity index (χ3n) is 3.11. The van der Waals surface area contributed by atoms with Crippen molar-refractivity contribution >= 4 is 11.6 Å². The first kappa shape index (κ1) is 10.9. The van der Waals surface area contributed by atoms with Gasteiger partial charge in [0.2, 0.25) is 5.67 Å². The van der Waals surface area contributed by atoms with Crippen LogP contribution in [0, 0.1) is 0 Å². The van der Waals surface area contributed by atoms with Gasteiger partial charge in [-0.1, -0.05) is 24.3 Å². The number of halogens is 1. The minimum atomic E-state index is -2.02. The molecule has 1 aromatic carbocycles. The standard InChI is InChI=1S/C14H11FN2O/c15-14(9-10-5-3-4-8-16-10)11-6-1-2-7-12(11)17-13(14)18/h1-8H,9H2,(H,17,18)/t14-/m1/s1. The van der Waals surface area contributed by atoms with Crippen LogP contribution in [0.2, 0.25) is 0 Å². The molecule has 2 heterocycles. The number of aromatic nitrogens is 1. The zero-order chi connectivity index (χ0) is 12.6. The highest BCUT2D eigenvalue weighted by molar-refractivity contribution is 6.05. The highest BCUT2D eigenvalue weighted by Gasteiger charge is 2.47. The molecule has 1 amide bonds. The van der Waals surface area contributed by atoms with Crippen LogP contribution >= 0.6 is 0 Å². The number of alkyl halides is 1. The number of carbonyl (C=O) groups excluding carboxylic acids is 1. The summed E-state index contributed by atoms with van der Waals surface area (Å²) in [6.45, 7) is 0. The Balaban J connectivity index is 2.02. The Morgan fingerprint density at radius 1 is 1.17 bits per heavy atom. The Morgan fingerprint density at radius 3 is 2.72 bits per heavy atom. The average Bonchev–Trinajstić information content (AvgIpc) is 2.63. The fraction of sp³-hybridized carbons (Fsp3) is 0.143. The smallest absolute Gasteiger partial charge is 0.267 e. The molecule has 2 aromatic rings. The van der Waals surface area contributed by atoms with Gasteiger partial charge in [-0.2, -0.15) is 0 Å². The average molecular weight is 242 g/mol.